The molecule has 0 aliphatic rings. The third-order valence-electron chi connectivity index (χ3n) is 2.68. The van der Waals surface area contributed by atoms with E-state index in [2.05, 4.69) is 0 Å². The fourth-order valence-corrected chi connectivity index (χ4v) is 1.76. The van der Waals surface area contributed by atoms with Crippen molar-refractivity contribution in [2.75, 3.05) is 20.3 Å². The highest BCUT2D eigenvalue weighted by atomic mass is 16.6. The van der Waals surface area contributed by atoms with Crippen molar-refractivity contribution < 1.29 is 19.0 Å². The number of benzene rings is 2. The molecule has 0 N–H and O–H groups in total. The molecule has 0 aliphatic carbocycles. The van der Waals surface area contributed by atoms with Gasteiger partial charge in [-0.05, 0) is 42.0 Å². The maximum atomic E-state index is 11.2. The summed E-state index contributed by atoms with van der Waals surface area (Å²) >= 11 is 0. The molecule has 0 aromatic heterocycles. The zero-order valence-corrected chi connectivity index (χ0v) is 11.0. The van der Waals surface area contributed by atoms with Crippen LogP contribution in [0.2, 0.25) is 0 Å². The fraction of sp³-hybridized carbons (Fsp3) is 0.267. The van der Waals surface area contributed by atoms with Gasteiger partial charge in [0.25, 0.3) is 0 Å². The van der Waals surface area contributed by atoms with E-state index >= 15 is 0 Å². The molecular formula is C15H16O4. The van der Waals surface area contributed by atoms with Gasteiger partial charge in [0, 0.05) is 0 Å². The van der Waals surface area contributed by atoms with Gasteiger partial charge in [0.1, 0.15) is 11.5 Å². The van der Waals surface area contributed by atoms with Gasteiger partial charge >= 0.3 is 5.97 Å². The number of ether oxygens (including phenoxy) is 3. The van der Waals surface area contributed by atoms with E-state index in [0.29, 0.717) is 12.4 Å². The van der Waals surface area contributed by atoms with Crippen LogP contribution in [0.4, 0.5) is 0 Å². The molecule has 4 heteroatoms. The van der Waals surface area contributed by atoms with Gasteiger partial charge in [-0.15, -0.1) is 0 Å². The second kappa shape index (κ2) is 6.09. The monoisotopic (exact) mass is 260 g/mol. The molecule has 0 amide bonds. The molecule has 0 bridgehead atoms. The predicted octanol–water partition coefficient (Wildman–Crippen LogP) is 2.79. The van der Waals surface area contributed by atoms with Crippen molar-refractivity contribution in [1.29, 1.82) is 0 Å². The smallest absolute Gasteiger partial charge is 0.344 e. The maximum absolute atomic E-state index is 11.2. The number of hydrogen-bond donors (Lipinski definition) is 0. The van der Waals surface area contributed by atoms with E-state index in [1.165, 1.54) is 0 Å². The molecule has 0 saturated heterocycles. The second-order valence-electron chi connectivity index (χ2n) is 3.97. The highest BCUT2D eigenvalue weighted by molar-refractivity contribution is 5.85. The minimum atomic E-state index is -0.364. The van der Waals surface area contributed by atoms with Crippen LogP contribution in [0.25, 0.3) is 10.8 Å². The van der Waals surface area contributed by atoms with Gasteiger partial charge in [0.2, 0.25) is 0 Å². The minimum Gasteiger partial charge on any atom is -0.497 e. The summed E-state index contributed by atoms with van der Waals surface area (Å²) in [6.07, 6.45) is 0. The third-order valence-corrected chi connectivity index (χ3v) is 2.68. The Morgan fingerprint density at radius 3 is 2.32 bits per heavy atom. The molecule has 19 heavy (non-hydrogen) atoms. The van der Waals surface area contributed by atoms with Crippen molar-refractivity contribution >= 4 is 16.7 Å². The molecule has 0 aliphatic heterocycles. The molecule has 2 aromatic carbocycles. The molecule has 2 aromatic rings. The summed E-state index contributed by atoms with van der Waals surface area (Å²) in [5, 5.41) is 2.09. The first-order chi connectivity index (χ1) is 9.22. The molecule has 0 saturated carbocycles. The number of methoxy groups -OCH3 is 1. The summed E-state index contributed by atoms with van der Waals surface area (Å²) in [7, 11) is 1.64. The average Bonchev–Trinajstić information content (AvgIpc) is 2.44. The molecule has 2 rings (SSSR count). The summed E-state index contributed by atoms with van der Waals surface area (Å²) in [4.78, 5) is 11.2. The van der Waals surface area contributed by atoms with Crippen LogP contribution in [0.1, 0.15) is 6.92 Å². The molecule has 4 nitrogen and oxygen atoms in total. The van der Waals surface area contributed by atoms with E-state index in [4.69, 9.17) is 14.2 Å². The van der Waals surface area contributed by atoms with Crippen molar-refractivity contribution in [2.24, 2.45) is 0 Å². The van der Waals surface area contributed by atoms with Crippen LogP contribution in [-0.2, 0) is 9.53 Å². The van der Waals surface area contributed by atoms with Crippen molar-refractivity contribution in [3.63, 3.8) is 0 Å². The molecule has 0 fully saturated rings. The van der Waals surface area contributed by atoms with Crippen LogP contribution in [0.3, 0.4) is 0 Å². The Kier molecular flexibility index (Phi) is 4.23. The van der Waals surface area contributed by atoms with Crippen LogP contribution in [0.5, 0.6) is 11.5 Å². The number of carbonyl (C=O) groups excluding carboxylic acids is 1. The van der Waals surface area contributed by atoms with Gasteiger partial charge in [-0.1, -0.05) is 12.1 Å². The van der Waals surface area contributed by atoms with Crippen LogP contribution >= 0.6 is 0 Å². The highest BCUT2D eigenvalue weighted by Gasteiger charge is 2.04. The van der Waals surface area contributed by atoms with Gasteiger partial charge < -0.3 is 14.2 Å². The van der Waals surface area contributed by atoms with E-state index in [9.17, 15) is 4.79 Å². The SMILES string of the molecule is CCOC(=O)COc1ccc2cc(OC)ccc2c1. The Hall–Kier alpha value is -2.23. The fourth-order valence-electron chi connectivity index (χ4n) is 1.76. The lowest BCUT2D eigenvalue weighted by atomic mass is 10.1. The quantitative estimate of drug-likeness (QED) is 0.775. The summed E-state index contributed by atoms with van der Waals surface area (Å²) < 4.78 is 15.3. The molecule has 0 atom stereocenters. The van der Waals surface area contributed by atoms with E-state index in [-0.39, 0.29) is 12.6 Å². The van der Waals surface area contributed by atoms with Crippen molar-refractivity contribution in [1.82, 2.24) is 0 Å². The van der Waals surface area contributed by atoms with E-state index < -0.39 is 0 Å². The van der Waals surface area contributed by atoms with Crippen LogP contribution in [-0.4, -0.2) is 26.3 Å². The zero-order chi connectivity index (χ0) is 13.7. The Morgan fingerprint density at radius 2 is 1.68 bits per heavy atom. The summed E-state index contributed by atoms with van der Waals surface area (Å²) in [5.41, 5.74) is 0. The maximum Gasteiger partial charge on any atom is 0.344 e. The highest BCUT2D eigenvalue weighted by Crippen LogP contribution is 2.24. The first kappa shape index (κ1) is 13.2. The van der Waals surface area contributed by atoms with Gasteiger partial charge in [0.05, 0.1) is 13.7 Å². The lowest BCUT2D eigenvalue weighted by Gasteiger charge is -2.07. The van der Waals surface area contributed by atoms with Gasteiger partial charge in [0.15, 0.2) is 6.61 Å². The Bertz CT molecular complexity index is 577. The number of esters is 1. The first-order valence-corrected chi connectivity index (χ1v) is 6.09. The average molecular weight is 260 g/mol. The van der Waals surface area contributed by atoms with E-state index in [1.807, 2.05) is 36.4 Å². The Morgan fingerprint density at radius 1 is 1.05 bits per heavy atom. The van der Waals surface area contributed by atoms with E-state index in [1.54, 1.807) is 14.0 Å². The predicted molar refractivity (Wildman–Crippen MR) is 72.6 cm³/mol. The van der Waals surface area contributed by atoms with E-state index in [0.717, 1.165) is 16.5 Å². The Balaban J connectivity index is 2.11. The molecular weight excluding hydrogens is 244 g/mol. The molecule has 0 radical (unpaired) electrons. The summed E-state index contributed by atoms with van der Waals surface area (Å²) in [6.45, 7) is 2.05. The minimum absolute atomic E-state index is 0.0739. The largest absolute Gasteiger partial charge is 0.497 e. The standard InChI is InChI=1S/C15H16O4/c1-3-18-15(16)10-19-14-7-5-11-8-13(17-2)6-4-12(11)9-14/h4-9H,3,10H2,1-2H3. The number of fused-ring (bicyclic) bond motifs is 1. The lowest BCUT2D eigenvalue weighted by Crippen LogP contribution is -2.14. The molecule has 0 heterocycles. The van der Waals surface area contributed by atoms with Crippen molar-refractivity contribution in [3.8, 4) is 11.5 Å². The summed E-state index contributed by atoms with van der Waals surface area (Å²) in [5.74, 6) is 1.09. The van der Waals surface area contributed by atoms with Gasteiger partial charge in [-0.2, -0.15) is 0 Å². The zero-order valence-electron chi connectivity index (χ0n) is 11.0. The summed E-state index contributed by atoms with van der Waals surface area (Å²) in [6, 6.07) is 11.4. The molecule has 0 spiro atoms. The Labute approximate surface area is 111 Å². The van der Waals surface area contributed by atoms with Crippen LogP contribution < -0.4 is 9.47 Å². The van der Waals surface area contributed by atoms with Gasteiger partial charge in [-0.3, -0.25) is 0 Å². The van der Waals surface area contributed by atoms with Crippen LogP contribution in [0, 0.1) is 0 Å². The third kappa shape index (κ3) is 3.37. The van der Waals surface area contributed by atoms with Crippen molar-refractivity contribution in [2.45, 2.75) is 6.92 Å². The number of carbonyl (C=O) groups is 1. The number of rotatable bonds is 5. The number of hydrogen-bond acceptors (Lipinski definition) is 4. The lowest BCUT2D eigenvalue weighted by molar-refractivity contribution is -0.145. The van der Waals surface area contributed by atoms with Crippen molar-refractivity contribution in [3.05, 3.63) is 36.4 Å². The first-order valence-electron chi connectivity index (χ1n) is 6.09. The molecule has 100 valence electrons. The topological polar surface area (TPSA) is 44.8 Å². The second-order valence-corrected chi connectivity index (χ2v) is 3.97. The van der Waals surface area contributed by atoms with Crippen LogP contribution in [0.15, 0.2) is 36.4 Å². The normalized spacial score (nSPS) is 10.2. The molecule has 0 unspecified atom stereocenters. The van der Waals surface area contributed by atoms with Gasteiger partial charge in [-0.25, -0.2) is 4.79 Å².